The molecule has 1 rings (SSSR count). The minimum absolute atomic E-state index is 0.147. The van der Waals surface area contributed by atoms with Crippen molar-refractivity contribution in [3.05, 3.63) is 23.8 Å². The van der Waals surface area contributed by atoms with Crippen LogP contribution in [0.4, 0.5) is 11.4 Å². The number of hydrogen-bond acceptors (Lipinski definition) is 4. The van der Waals surface area contributed by atoms with Crippen molar-refractivity contribution in [2.45, 2.75) is 27.7 Å². The van der Waals surface area contributed by atoms with Crippen molar-refractivity contribution in [2.75, 3.05) is 24.7 Å². The molecule has 0 heterocycles. The van der Waals surface area contributed by atoms with Crippen LogP contribution in [-0.4, -0.2) is 19.6 Å². The first kappa shape index (κ1) is 15.3. The van der Waals surface area contributed by atoms with Crippen LogP contribution in [0.3, 0.4) is 0 Å². The van der Waals surface area contributed by atoms with Gasteiger partial charge in [0.25, 0.3) is 0 Å². The Morgan fingerprint density at radius 1 is 1.42 bits per heavy atom. The molecule has 0 saturated carbocycles. The topological polar surface area (TPSA) is 64.3 Å². The van der Waals surface area contributed by atoms with Crippen LogP contribution in [0.25, 0.3) is 0 Å². The van der Waals surface area contributed by atoms with Gasteiger partial charge in [0.15, 0.2) is 0 Å². The van der Waals surface area contributed by atoms with E-state index in [1.165, 1.54) is 7.11 Å². The Hall–Kier alpha value is -1.71. The van der Waals surface area contributed by atoms with Gasteiger partial charge in [0.1, 0.15) is 0 Å². The Morgan fingerprint density at radius 2 is 2.05 bits per heavy atom. The number of ether oxygens (including phenoxy) is 1. The summed E-state index contributed by atoms with van der Waals surface area (Å²) in [7, 11) is 1.37. The molecule has 0 unspecified atom stereocenters. The molecule has 0 fully saturated rings. The highest BCUT2D eigenvalue weighted by atomic mass is 16.5. The van der Waals surface area contributed by atoms with Crippen molar-refractivity contribution in [3.8, 4) is 0 Å². The molecule has 0 aliphatic heterocycles. The number of hydrogen-bond donors (Lipinski definition) is 2. The van der Waals surface area contributed by atoms with E-state index in [2.05, 4.69) is 33.0 Å². The van der Waals surface area contributed by atoms with E-state index >= 15 is 0 Å². The van der Waals surface area contributed by atoms with Gasteiger partial charge >= 0.3 is 5.97 Å². The lowest BCUT2D eigenvalue weighted by atomic mass is 9.81. The number of methoxy groups -OCH3 is 1. The SMILES string of the molecule is COC(=O)c1ccc(N)c(NCC(C)(C)C(C)C)c1. The molecule has 0 radical (unpaired) electrons. The van der Waals surface area contributed by atoms with Crippen molar-refractivity contribution >= 4 is 17.3 Å². The smallest absolute Gasteiger partial charge is 0.337 e. The van der Waals surface area contributed by atoms with Gasteiger partial charge in [-0.05, 0) is 29.5 Å². The molecular weight excluding hydrogens is 240 g/mol. The molecule has 0 amide bonds. The van der Waals surface area contributed by atoms with Crippen LogP contribution in [0.5, 0.6) is 0 Å². The first-order valence-electron chi connectivity index (χ1n) is 6.49. The molecular formula is C15H24N2O2. The van der Waals surface area contributed by atoms with E-state index in [1.807, 2.05) is 0 Å². The average molecular weight is 264 g/mol. The number of benzene rings is 1. The third kappa shape index (κ3) is 3.88. The lowest BCUT2D eigenvalue weighted by Crippen LogP contribution is -2.28. The number of esters is 1. The largest absolute Gasteiger partial charge is 0.465 e. The highest BCUT2D eigenvalue weighted by Gasteiger charge is 2.22. The molecule has 0 saturated heterocycles. The average Bonchev–Trinajstić information content (AvgIpc) is 2.36. The predicted molar refractivity (Wildman–Crippen MR) is 79.3 cm³/mol. The van der Waals surface area contributed by atoms with E-state index in [0.29, 0.717) is 17.2 Å². The summed E-state index contributed by atoms with van der Waals surface area (Å²) in [6.45, 7) is 9.57. The normalized spacial score (nSPS) is 11.5. The van der Waals surface area contributed by atoms with Gasteiger partial charge in [0.2, 0.25) is 0 Å². The predicted octanol–water partition coefficient (Wildman–Crippen LogP) is 3.15. The van der Waals surface area contributed by atoms with Crippen molar-refractivity contribution < 1.29 is 9.53 Å². The van der Waals surface area contributed by atoms with Crippen LogP contribution in [-0.2, 0) is 4.74 Å². The van der Waals surface area contributed by atoms with Gasteiger partial charge < -0.3 is 15.8 Å². The number of anilines is 2. The lowest BCUT2D eigenvalue weighted by Gasteiger charge is -2.30. The lowest BCUT2D eigenvalue weighted by molar-refractivity contribution is 0.0601. The maximum absolute atomic E-state index is 11.5. The second-order valence-electron chi connectivity index (χ2n) is 5.79. The summed E-state index contributed by atoms with van der Waals surface area (Å²) in [6.07, 6.45) is 0. The fourth-order valence-corrected chi connectivity index (χ4v) is 1.48. The second-order valence-corrected chi connectivity index (χ2v) is 5.79. The zero-order valence-corrected chi connectivity index (χ0v) is 12.4. The fourth-order valence-electron chi connectivity index (χ4n) is 1.48. The molecule has 3 N–H and O–H groups in total. The molecule has 0 atom stereocenters. The van der Waals surface area contributed by atoms with Crippen LogP contribution in [0.2, 0.25) is 0 Å². The quantitative estimate of drug-likeness (QED) is 0.633. The van der Waals surface area contributed by atoms with Gasteiger partial charge in [-0.15, -0.1) is 0 Å². The van der Waals surface area contributed by atoms with Crippen LogP contribution >= 0.6 is 0 Å². The van der Waals surface area contributed by atoms with Crippen molar-refractivity contribution in [1.82, 2.24) is 0 Å². The third-order valence-electron chi connectivity index (χ3n) is 3.77. The molecule has 1 aromatic carbocycles. The highest BCUT2D eigenvalue weighted by molar-refractivity contribution is 5.91. The van der Waals surface area contributed by atoms with Crippen LogP contribution in [0.1, 0.15) is 38.1 Å². The van der Waals surface area contributed by atoms with E-state index in [0.717, 1.165) is 12.2 Å². The van der Waals surface area contributed by atoms with E-state index in [-0.39, 0.29) is 11.4 Å². The minimum atomic E-state index is -0.355. The Labute approximate surface area is 115 Å². The highest BCUT2D eigenvalue weighted by Crippen LogP contribution is 2.28. The fraction of sp³-hybridized carbons (Fsp3) is 0.533. The summed E-state index contributed by atoms with van der Waals surface area (Å²) < 4.78 is 4.71. The molecule has 19 heavy (non-hydrogen) atoms. The summed E-state index contributed by atoms with van der Waals surface area (Å²) >= 11 is 0. The number of rotatable bonds is 5. The first-order valence-corrected chi connectivity index (χ1v) is 6.49. The Kier molecular flexibility index (Phi) is 4.81. The minimum Gasteiger partial charge on any atom is -0.465 e. The number of nitrogens with two attached hydrogens (primary N) is 1. The van der Waals surface area contributed by atoms with Crippen LogP contribution in [0.15, 0.2) is 18.2 Å². The molecule has 4 heteroatoms. The van der Waals surface area contributed by atoms with Gasteiger partial charge in [-0.3, -0.25) is 0 Å². The van der Waals surface area contributed by atoms with Gasteiger partial charge in [-0.25, -0.2) is 4.79 Å². The maximum Gasteiger partial charge on any atom is 0.337 e. The molecule has 4 nitrogen and oxygen atoms in total. The molecule has 0 aliphatic rings. The molecule has 106 valence electrons. The van der Waals surface area contributed by atoms with Crippen LogP contribution in [0, 0.1) is 11.3 Å². The zero-order valence-electron chi connectivity index (χ0n) is 12.4. The standard InChI is InChI=1S/C15H24N2O2/c1-10(2)15(3,4)9-17-13-8-11(14(18)19-5)6-7-12(13)16/h6-8,10,17H,9,16H2,1-5H3. The molecule has 1 aromatic rings. The Bertz CT molecular complexity index is 453. The van der Waals surface area contributed by atoms with Gasteiger partial charge in [0, 0.05) is 6.54 Å². The van der Waals surface area contributed by atoms with E-state index < -0.39 is 0 Å². The monoisotopic (exact) mass is 264 g/mol. The molecule has 0 spiro atoms. The van der Waals surface area contributed by atoms with Gasteiger partial charge in [0.05, 0.1) is 24.0 Å². The van der Waals surface area contributed by atoms with Gasteiger partial charge in [-0.1, -0.05) is 27.7 Å². The summed E-state index contributed by atoms with van der Waals surface area (Å²) in [5.74, 6) is 0.191. The van der Waals surface area contributed by atoms with Crippen molar-refractivity contribution in [1.29, 1.82) is 0 Å². The van der Waals surface area contributed by atoms with E-state index in [1.54, 1.807) is 18.2 Å². The van der Waals surface area contributed by atoms with Gasteiger partial charge in [-0.2, -0.15) is 0 Å². The third-order valence-corrected chi connectivity index (χ3v) is 3.77. The van der Waals surface area contributed by atoms with E-state index in [4.69, 9.17) is 10.5 Å². The zero-order chi connectivity index (χ0) is 14.6. The summed E-state index contributed by atoms with van der Waals surface area (Å²) in [5.41, 5.74) is 7.98. The number of nitrogens with one attached hydrogen (secondary N) is 1. The van der Waals surface area contributed by atoms with Crippen LogP contribution < -0.4 is 11.1 Å². The maximum atomic E-state index is 11.5. The number of carbonyl (C=O) groups is 1. The van der Waals surface area contributed by atoms with Crippen molar-refractivity contribution in [3.63, 3.8) is 0 Å². The molecule has 0 aliphatic carbocycles. The first-order chi connectivity index (χ1) is 8.77. The summed E-state index contributed by atoms with van der Waals surface area (Å²) in [6, 6.07) is 5.12. The van der Waals surface area contributed by atoms with E-state index in [9.17, 15) is 4.79 Å². The Balaban J connectivity index is 2.86. The molecule has 0 bridgehead atoms. The Morgan fingerprint density at radius 3 is 2.58 bits per heavy atom. The summed E-state index contributed by atoms with van der Waals surface area (Å²) in [4.78, 5) is 11.5. The van der Waals surface area contributed by atoms with Crippen molar-refractivity contribution in [2.24, 2.45) is 11.3 Å². The molecule has 0 aromatic heterocycles. The summed E-state index contributed by atoms with van der Waals surface area (Å²) in [5, 5.41) is 3.32. The second kappa shape index (κ2) is 5.95. The number of nitrogen functional groups attached to an aromatic ring is 1. The number of carbonyl (C=O) groups excluding carboxylic acids is 1.